The maximum atomic E-state index is 11.7. The van der Waals surface area contributed by atoms with Gasteiger partial charge in [-0.05, 0) is 35.4 Å². The average molecular weight is 404 g/mol. The molecule has 130 valence electrons. The molecule has 0 bridgehead atoms. The van der Waals surface area contributed by atoms with E-state index in [0.717, 1.165) is 22.3 Å². The summed E-state index contributed by atoms with van der Waals surface area (Å²) in [6.45, 7) is 0.358. The fourth-order valence-corrected chi connectivity index (χ4v) is 2.97. The fraction of sp³-hybridized carbons (Fsp3) is 0.211. The molecular formula is C19H18BrNO4. The molecule has 0 fully saturated rings. The number of aromatic amines is 1. The lowest BCUT2D eigenvalue weighted by atomic mass is 10.0. The van der Waals surface area contributed by atoms with Crippen molar-refractivity contribution < 1.29 is 14.6 Å². The normalized spacial score (nSPS) is 12.1. The van der Waals surface area contributed by atoms with E-state index in [1.54, 1.807) is 19.2 Å². The highest BCUT2D eigenvalue weighted by Gasteiger charge is 2.14. The summed E-state index contributed by atoms with van der Waals surface area (Å²) >= 11 is 3.28. The SMILES string of the molecule is COc1ccc(COc2ccc(C(O)CBr)c3ccc(=O)[nH]c23)cc1. The molecule has 1 aromatic heterocycles. The summed E-state index contributed by atoms with van der Waals surface area (Å²) in [5, 5.41) is 11.3. The number of hydrogen-bond acceptors (Lipinski definition) is 4. The van der Waals surface area contributed by atoms with Crippen LogP contribution in [0, 0.1) is 0 Å². The molecule has 6 heteroatoms. The van der Waals surface area contributed by atoms with Crippen LogP contribution in [-0.4, -0.2) is 22.5 Å². The van der Waals surface area contributed by atoms with Crippen LogP contribution in [0.3, 0.4) is 0 Å². The molecule has 1 unspecified atom stereocenters. The molecule has 3 rings (SSSR count). The van der Waals surface area contributed by atoms with Crippen LogP contribution < -0.4 is 15.0 Å². The van der Waals surface area contributed by atoms with E-state index in [4.69, 9.17) is 9.47 Å². The standard InChI is InChI=1S/C19H18BrNO4/c1-24-13-4-2-12(3-5-13)11-25-17-8-6-14(16(22)10-20)15-7-9-18(23)21-19(15)17/h2-9,16,22H,10-11H2,1H3,(H,21,23). The van der Waals surface area contributed by atoms with Crippen molar-refractivity contribution in [1.82, 2.24) is 4.98 Å². The summed E-state index contributed by atoms with van der Waals surface area (Å²) in [4.78, 5) is 14.5. The largest absolute Gasteiger partial charge is 0.497 e. The molecule has 1 heterocycles. The zero-order valence-corrected chi connectivity index (χ0v) is 15.2. The van der Waals surface area contributed by atoms with Gasteiger partial charge in [-0.15, -0.1) is 0 Å². The van der Waals surface area contributed by atoms with Crippen LogP contribution >= 0.6 is 15.9 Å². The maximum Gasteiger partial charge on any atom is 0.248 e. The number of rotatable bonds is 6. The van der Waals surface area contributed by atoms with Crippen LogP contribution in [0.2, 0.25) is 0 Å². The molecule has 25 heavy (non-hydrogen) atoms. The van der Waals surface area contributed by atoms with Crippen LogP contribution in [0.5, 0.6) is 11.5 Å². The van der Waals surface area contributed by atoms with Crippen LogP contribution in [0.4, 0.5) is 0 Å². The molecule has 2 N–H and O–H groups in total. The minimum Gasteiger partial charge on any atom is -0.497 e. The molecule has 0 aliphatic carbocycles. The second-order valence-corrected chi connectivity index (χ2v) is 6.22. The maximum absolute atomic E-state index is 11.7. The highest BCUT2D eigenvalue weighted by Crippen LogP contribution is 2.30. The van der Waals surface area contributed by atoms with Crippen LogP contribution in [0.25, 0.3) is 10.9 Å². The van der Waals surface area contributed by atoms with E-state index >= 15 is 0 Å². The third-order valence-electron chi connectivity index (χ3n) is 3.95. The number of hydrogen-bond donors (Lipinski definition) is 2. The highest BCUT2D eigenvalue weighted by atomic mass is 79.9. The Labute approximate surface area is 153 Å². The molecule has 5 nitrogen and oxygen atoms in total. The van der Waals surface area contributed by atoms with E-state index in [-0.39, 0.29) is 5.56 Å². The zero-order valence-electron chi connectivity index (χ0n) is 13.7. The van der Waals surface area contributed by atoms with Crippen LogP contribution in [0.15, 0.2) is 53.3 Å². The molecule has 0 spiro atoms. The van der Waals surface area contributed by atoms with E-state index < -0.39 is 6.10 Å². The minimum absolute atomic E-state index is 0.215. The number of aliphatic hydroxyl groups excluding tert-OH is 1. The number of ether oxygens (including phenoxy) is 2. The van der Waals surface area contributed by atoms with E-state index in [0.29, 0.717) is 23.2 Å². The van der Waals surface area contributed by atoms with Gasteiger partial charge in [0.2, 0.25) is 5.56 Å². The fourth-order valence-electron chi connectivity index (χ4n) is 2.62. The summed E-state index contributed by atoms with van der Waals surface area (Å²) in [6.07, 6.45) is -0.663. The number of halogens is 1. The van der Waals surface area contributed by atoms with Gasteiger partial charge < -0.3 is 19.6 Å². The van der Waals surface area contributed by atoms with Gasteiger partial charge in [0.25, 0.3) is 0 Å². The Balaban J connectivity index is 1.93. The zero-order chi connectivity index (χ0) is 17.8. The van der Waals surface area contributed by atoms with E-state index in [1.807, 2.05) is 30.3 Å². The first-order valence-corrected chi connectivity index (χ1v) is 8.90. The monoisotopic (exact) mass is 403 g/mol. The Morgan fingerprint density at radius 3 is 2.56 bits per heavy atom. The number of aromatic nitrogens is 1. The van der Waals surface area contributed by atoms with E-state index in [1.165, 1.54) is 6.07 Å². The van der Waals surface area contributed by atoms with Crippen molar-refractivity contribution in [2.45, 2.75) is 12.7 Å². The van der Waals surface area contributed by atoms with Gasteiger partial charge in [-0.1, -0.05) is 34.1 Å². The number of benzene rings is 2. The number of pyridine rings is 1. The predicted octanol–water partition coefficient (Wildman–Crippen LogP) is 3.54. The van der Waals surface area contributed by atoms with Crippen molar-refractivity contribution in [3.63, 3.8) is 0 Å². The summed E-state index contributed by atoms with van der Waals surface area (Å²) in [7, 11) is 1.62. The highest BCUT2D eigenvalue weighted by molar-refractivity contribution is 9.09. The van der Waals surface area contributed by atoms with Crippen molar-refractivity contribution in [1.29, 1.82) is 0 Å². The number of aliphatic hydroxyl groups is 1. The molecule has 0 saturated heterocycles. The lowest BCUT2D eigenvalue weighted by molar-refractivity contribution is 0.207. The minimum atomic E-state index is -0.663. The van der Waals surface area contributed by atoms with Crippen molar-refractivity contribution in [3.8, 4) is 11.5 Å². The number of alkyl halides is 1. The molecule has 1 atom stereocenters. The topological polar surface area (TPSA) is 71.5 Å². The van der Waals surface area contributed by atoms with Crippen molar-refractivity contribution >= 4 is 26.8 Å². The first-order chi connectivity index (χ1) is 12.1. The van der Waals surface area contributed by atoms with E-state index in [2.05, 4.69) is 20.9 Å². The Kier molecular flexibility index (Phi) is 5.40. The van der Waals surface area contributed by atoms with Gasteiger partial charge in [-0.3, -0.25) is 4.79 Å². The Morgan fingerprint density at radius 1 is 1.12 bits per heavy atom. The first kappa shape index (κ1) is 17.5. The molecular weight excluding hydrogens is 386 g/mol. The quantitative estimate of drug-likeness (QED) is 0.617. The number of methoxy groups -OCH3 is 1. The smallest absolute Gasteiger partial charge is 0.248 e. The van der Waals surface area contributed by atoms with Crippen molar-refractivity contribution in [2.75, 3.05) is 12.4 Å². The van der Waals surface area contributed by atoms with Gasteiger partial charge in [-0.25, -0.2) is 0 Å². The Bertz CT molecular complexity index is 921. The number of H-pyrrole nitrogens is 1. The third kappa shape index (κ3) is 3.86. The van der Waals surface area contributed by atoms with Gasteiger partial charge in [0.1, 0.15) is 18.1 Å². The van der Waals surface area contributed by atoms with Gasteiger partial charge in [0.05, 0.1) is 18.7 Å². The molecule has 0 saturated carbocycles. The number of nitrogens with one attached hydrogen (secondary N) is 1. The second kappa shape index (κ2) is 7.72. The summed E-state index contributed by atoms with van der Waals surface area (Å²) in [6, 6.07) is 14.3. The van der Waals surface area contributed by atoms with Crippen LogP contribution in [0.1, 0.15) is 17.2 Å². The number of fused-ring (bicyclic) bond motifs is 1. The van der Waals surface area contributed by atoms with E-state index in [9.17, 15) is 9.90 Å². The molecule has 0 radical (unpaired) electrons. The predicted molar refractivity (Wildman–Crippen MR) is 101 cm³/mol. The van der Waals surface area contributed by atoms with Gasteiger partial charge >= 0.3 is 0 Å². The van der Waals surface area contributed by atoms with Crippen molar-refractivity contribution in [3.05, 3.63) is 70.0 Å². The Hall–Kier alpha value is -2.31. The summed E-state index contributed by atoms with van der Waals surface area (Å²) in [5.74, 6) is 1.35. The lowest BCUT2D eigenvalue weighted by Crippen LogP contribution is -2.07. The van der Waals surface area contributed by atoms with Gasteiger partial charge in [0, 0.05) is 16.8 Å². The van der Waals surface area contributed by atoms with Crippen molar-refractivity contribution in [2.24, 2.45) is 0 Å². The Morgan fingerprint density at radius 2 is 1.88 bits per heavy atom. The average Bonchev–Trinajstić information content (AvgIpc) is 2.65. The lowest BCUT2D eigenvalue weighted by Gasteiger charge is -2.15. The summed E-state index contributed by atoms with van der Waals surface area (Å²) in [5.41, 5.74) is 2.09. The second-order valence-electron chi connectivity index (χ2n) is 5.57. The molecule has 3 aromatic rings. The van der Waals surface area contributed by atoms with Crippen LogP contribution in [-0.2, 0) is 6.61 Å². The summed E-state index contributed by atoms with van der Waals surface area (Å²) < 4.78 is 11.0. The first-order valence-electron chi connectivity index (χ1n) is 7.78. The molecule has 0 aliphatic rings. The third-order valence-corrected chi connectivity index (χ3v) is 4.56. The molecule has 0 aliphatic heterocycles. The molecule has 0 amide bonds. The van der Waals surface area contributed by atoms with Gasteiger partial charge in [0.15, 0.2) is 0 Å². The molecule has 2 aromatic carbocycles. The van der Waals surface area contributed by atoms with Gasteiger partial charge in [-0.2, -0.15) is 0 Å².